The highest BCUT2D eigenvalue weighted by Gasteiger charge is 2.25. The number of benzene rings is 1. The smallest absolute Gasteiger partial charge is 0.260 e. The van der Waals surface area contributed by atoms with Gasteiger partial charge in [-0.25, -0.2) is 9.50 Å². The lowest BCUT2D eigenvalue weighted by Crippen LogP contribution is -2.34. The summed E-state index contributed by atoms with van der Waals surface area (Å²) in [6.45, 7) is 7.20. The molecule has 0 radical (unpaired) electrons. The summed E-state index contributed by atoms with van der Waals surface area (Å²) in [7, 11) is 1.54. The predicted octanol–water partition coefficient (Wildman–Crippen LogP) is 2.29. The Morgan fingerprint density at radius 2 is 2.03 bits per heavy atom. The average Bonchev–Trinajstić information content (AvgIpc) is 3.51. The van der Waals surface area contributed by atoms with Gasteiger partial charge in [-0.1, -0.05) is 6.07 Å². The van der Waals surface area contributed by atoms with Crippen LogP contribution in [0.15, 0.2) is 30.5 Å². The van der Waals surface area contributed by atoms with Crippen molar-refractivity contribution < 1.29 is 19.4 Å². The van der Waals surface area contributed by atoms with Gasteiger partial charge in [-0.2, -0.15) is 0 Å². The third kappa shape index (κ3) is 5.71. The van der Waals surface area contributed by atoms with E-state index in [2.05, 4.69) is 26.0 Å². The van der Waals surface area contributed by atoms with Gasteiger partial charge in [-0.3, -0.25) is 9.59 Å². The lowest BCUT2D eigenvalue weighted by atomic mass is 10.0. The lowest BCUT2D eigenvalue weighted by molar-refractivity contribution is -0.126. The summed E-state index contributed by atoms with van der Waals surface area (Å²) in [6, 6.07) is 7.55. The maximum atomic E-state index is 12.5. The molecular weight excluding hydrogens is 448 g/mol. The number of nitrogens with one attached hydrogen (secondary N) is 3. The van der Waals surface area contributed by atoms with Crippen LogP contribution in [0.5, 0.6) is 5.88 Å². The first-order valence-electron chi connectivity index (χ1n) is 11.7. The fourth-order valence-electron chi connectivity index (χ4n) is 3.65. The number of carbonyl (C=O) groups excluding carboxylic acids is 2. The highest BCUT2D eigenvalue weighted by Crippen LogP contribution is 2.29. The molecule has 1 unspecified atom stereocenters. The van der Waals surface area contributed by atoms with Crippen LogP contribution >= 0.6 is 0 Å². The minimum Gasteiger partial charge on any atom is -0.463 e. The molecule has 0 spiro atoms. The second-order valence-corrected chi connectivity index (χ2v) is 9.59. The first-order chi connectivity index (χ1) is 16.6. The fourth-order valence-corrected chi connectivity index (χ4v) is 3.65. The Kier molecular flexibility index (Phi) is 6.66. The summed E-state index contributed by atoms with van der Waals surface area (Å²) in [5, 5.41) is 23.6. The molecule has 2 heterocycles. The SMILES string of the molecule is CNC(=O)C(C)Oc1cc(NCC(C)(C)O)c2ncc(-c3ccc(C(=O)NC4CC4)c(C)c3)n2n1. The largest absolute Gasteiger partial charge is 0.463 e. The van der Waals surface area contributed by atoms with Crippen molar-refractivity contribution in [2.45, 2.75) is 58.3 Å². The summed E-state index contributed by atoms with van der Waals surface area (Å²) in [5.74, 6) is -0.118. The third-order valence-electron chi connectivity index (χ3n) is 5.75. The van der Waals surface area contributed by atoms with E-state index < -0.39 is 11.7 Å². The third-order valence-corrected chi connectivity index (χ3v) is 5.75. The first-order valence-corrected chi connectivity index (χ1v) is 11.7. The van der Waals surface area contributed by atoms with Crippen molar-refractivity contribution in [1.82, 2.24) is 25.2 Å². The van der Waals surface area contributed by atoms with Gasteiger partial charge in [0, 0.05) is 36.8 Å². The number of aliphatic hydroxyl groups is 1. The molecule has 10 nitrogen and oxygen atoms in total. The molecule has 1 atom stereocenters. The van der Waals surface area contributed by atoms with Crippen molar-refractivity contribution in [1.29, 1.82) is 0 Å². The second kappa shape index (κ2) is 9.53. The van der Waals surface area contributed by atoms with Crippen LogP contribution in [0.1, 0.15) is 49.5 Å². The van der Waals surface area contributed by atoms with Crippen LogP contribution < -0.4 is 20.7 Å². The Labute approximate surface area is 204 Å². The normalized spacial score (nSPS) is 14.5. The number of likely N-dealkylation sites (N-methyl/N-ethyl adjacent to an activating group) is 1. The Morgan fingerprint density at radius 1 is 1.29 bits per heavy atom. The molecule has 10 heteroatoms. The van der Waals surface area contributed by atoms with Crippen LogP contribution in [0.2, 0.25) is 0 Å². The van der Waals surface area contributed by atoms with E-state index >= 15 is 0 Å². The highest BCUT2D eigenvalue weighted by atomic mass is 16.5. The van der Waals surface area contributed by atoms with E-state index in [9.17, 15) is 14.7 Å². The van der Waals surface area contributed by atoms with Gasteiger partial charge < -0.3 is 25.8 Å². The van der Waals surface area contributed by atoms with E-state index in [1.54, 1.807) is 44.6 Å². The van der Waals surface area contributed by atoms with Crippen LogP contribution in [0.3, 0.4) is 0 Å². The second-order valence-electron chi connectivity index (χ2n) is 9.59. The van der Waals surface area contributed by atoms with Crippen LogP contribution in [0.25, 0.3) is 16.9 Å². The van der Waals surface area contributed by atoms with E-state index in [1.807, 2.05) is 25.1 Å². The molecule has 2 amide bonds. The summed E-state index contributed by atoms with van der Waals surface area (Å²) >= 11 is 0. The Bertz CT molecular complexity index is 1260. The van der Waals surface area contributed by atoms with E-state index in [0.717, 1.165) is 24.0 Å². The number of hydrogen-bond acceptors (Lipinski definition) is 7. The van der Waals surface area contributed by atoms with Crippen molar-refractivity contribution >= 4 is 23.1 Å². The van der Waals surface area contributed by atoms with Crippen molar-refractivity contribution in [3.8, 4) is 17.1 Å². The first kappa shape index (κ1) is 24.5. The van der Waals surface area contributed by atoms with Crippen molar-refractivity contribution in [2.24, 2.45) is 0 Å². The standard InChI is InChI=1S/C25H32N6O4/c1-14-10-16(6-9-18(14)24(33)29-17-7-8-17)20-12-27-22-19(28-13-25(3,4)34)11-21(30-31(20)22)35-15(2)23(32)26-5/h6,9-12,15,17,28,34H,7-8,13H2,1-5H3,(H,26,32)(H,29,33). The molecule has 0 saturated heterocycles. The highest BCUT2D eigenvalue weighted by molar-refractivity contribution is 5.96. The van der Waals surface area contributed by atoms with E-state index in [0.29, 0.717) is 22.6 Å². The molecule has 1 fully saturated rings. The minimum atomic E-state index is -0.958. The zero-order valence-electron chi connectivity index (χ0n) is 20.7. The maximum absolute atomic E-state index is 12.5. The van der Waals surface area contributed by atoms with Gasteiger partial charge in [0.2, 0.25) is 5.88 Å². The Hall–Kier alpha value is -3.66. The Balaban J connectivity index is 1.72. The number of aromatic nitrogens is 3. The van der Waals surface area contributed by atoms with Crippen LogP contribution in [0.4, 0.5) is 5.69 Å². The number of hydrogen-bond donors (Lipinski definition) is 4. The van der Waals surface area contributed by atoms with Gasteiger partial charge in [0.1, 0.15) is 0 Å². The molecule has 0 bridgehead atoms. The average molecular weight is 481 g/mol. The topological polar surface area (TPSA) is 130 Å². The molecule has 1 aromatic carbocycles. The molecular formula is C25H32N6O4. The van der Waals surface area contributed by atoms with Crippen molar-refractivity contribution in [2.75, 3.05) is 18.9 Å². The molecule has 4 rings (SSSR count). The van der Waals surface area contributed by atoms with Crippen LogP contribution in [-0.2, 0) is 4.79 Å². The van der Waals surface area contributed by atoms with Crippen LogP contribution in [-0.4, -0.2) is 62.9 Å². The van der Waals surface area contributed by atoms with E-state index in [4.69, 9.17) is 4.74 Å². The monoisotopic (exact) mass is 480 g/mol. The molecule has 1 aliphatic carbocycles. The molecule has 3 aromatic rings. The predicted molar refractivity (Wildman–Crippen MR) is 133 cm³/mol. The number of amides is 2. The van der Waals surface area contributed by atoms with Crippen LogP contribution in [0, 0.1) is 6.92 Å². The summed E-state index contributed by atoms with van der Waals surface area (Å²) in [6.07, 6.45) is 3.00. The van der Waals surface area contributed by atoms with Gasteiger partial charge in [-0.15, -0.1) is 5.10 Å². The number of nitrogens with zero attached hydrogens (tertiary/aromatic N) is 3. The molecule has 0 aliphatic heterocycles. The molecule has 1 saturated carbocycles. The van der Waals surface area contributed by atoms with Gasteiger partial charge in [0.05, 0.1) is 23.2 Å². The van der Waals surface area contributed by atoms with Crippen molar-refractivity contribution in [3.05, 3.63) is 41.6 Å². The number of carbonyl (C=O) groups is 2. The van der Waals surface area contributed by atoms with Gasteiger partial charge in [0.15, 0.2) is 11.8 Å². The lowest BCUT2D eigenvalue weighted by Gasteiger charge is -2.20. The number of ether oxygens (including phenoxy) is 1. The van der Waals surface area contributed by atoms with E-state index in [1.165, 1.54) is 0 Å². The Morgan fingerprint density at radius 3 is 2.66 bits per heavy atom. The number of imidazole rings is 1. The van der Waals surface area contributed by atoms with E-state index in [-0.39, 0.29) is 30.3 Å². The van der Waals surface area contributed by atoms with Gasteiger partial charge in [-0.05, 0) is 58.2 Å². The molecule has 1 aliphatic rings. The summed E-state index contributed by atoms with van der Waals surface area (Å²) in [5.41, 5.74) is 3.19. The number of aryl methyl sites for hydroxylation is 1. The molecule has 4 N–H and O–H groups in total. The zero-order chi connectivity index (χ0) is 25.3. The minimum absolute atomic E-state index is 0.0650. The zero-order valence-corrected chi connectivity index (χ0v) is 20.7. The summed E-state index contributed by atoms with van der Waals surface area (Å²) < 4.78 is 7.43. The summed E-state index contributed by atoms with van der Waals surface area (Å²) in [4.78, 5) is 29.1. The number of rotatable bonds is 9. The molecule has 35 heavy (non-hydrogen) atoms. The maximum Gasteiger partial charge on any atom is 0.260 e. The molecule has 186 valence electrons. The molecule has 2 aromatic heterocycles. The van der Waals surface area contributed by atoms with Gasteiger partial charge >= 0.3 is 0 Å². The van der Waals surface area contributed by atoms with Gasteiger partial charge in [0.25, 0.3) is 11.8 Å². The number of fused-ring (bicyclic) bond motifs is 1. The number of anilines is 1. The fraction of sp³-hybridized carbons (Fsp3) is 0.440. The van der Waals surface area contributed by atoms with Crippen molar-refractivity contribution in [3.63, 3.8) is 0 Å². The quantitative estimate of drug-likeness (QED) is 0.370.